The van der Waals surface area contributed by atoms with Crippen molar-refractivity contribution in [2.45, 2.75) is 107 Å². The van der Waals surface area contributed by atoms with Crippen LogP contribution in [0.4, 0.5) is 0 Å². The third-order valence-electron chi connectivity index (χ3n) is 5.82. The lowest BCUT2D eigenvalue weighted by Gasteiger charge is -2.27. The molecule has 0 bridgehead atoms. The molecule has 3 nitrogen and oxygen atoms in total. The van der Waals surface area contributed by atoms with Gasteiger partial charge < -0.3 is 13.3 Å². The van der Waals surface area contributed by atoms with Crippen molar-refractivity contribution in [1.82, 2.24) is 0 Å². The Kier molecular flexibility index (Phi) is 12.1. The van der Waals surface area contributed by atoms with Crippen LogP contribution >= 0.6 is 0 Å². The van der Waals surface area contributed by atoms with E-state index in [-0.39, 0.29) is 14.9 Å². The topological polar surface area (TPSA) is 27.7 Å². The Hall–Kier alpha value is -2.29. The predicted molar refractivity (Wildman–Crippen MR) is 185 cm³/mol. The van der Waals surface area contributed by atoms with E-state index in [1.54, 1.807) is 0 Å². The highest BCUT2D eigenvalue weighted by Crippen LogP contribution is 2.36. The van der Waals surface area contributed by atoms with Gasteiger partial charge in [0.25, 0.3) is 0 Å². The van der Waals surface area contributed by atoms with Crippen molar-refractivity contribution >= 4 is 25.0 Å². The van der Waals surface area contributed by atoms with Crippen LogP contribution in [-0.4, -0.2) is 25.0 Å². The highest BCUT2D eigenvalue weighted by molar-refractivity contribution is 6.71. The molecule has 0 fully saturated rings. The Balaban J connectivity index is 0.00000400. The van der Waals surface area contributed by atoms with Gasteiger partial charge >= 0.3 is 0 Å². The minimum Gasteiger partial charge on any atom is -0.544 e. The van der Waals surface area contributed by atoms with Gasteiger partial charge in [-0.15, -0.1) is 0 Å². The Morgan fingerprint density at radius 1 is 0.450 bits per heavy atom. The normalized spacial score (nSPS) is 11.8. The number of hydrogen-bond donors (Lipinski definition) is 0. The van der Waals surface area contributed by atoms with Gasteiger partial charge in [0.05, 0.1) is 0 Å². The molecule has 0 heterocycles. The number of hydrogen-bond acceptors (Lipinski definition) is 3. The second-order valence-corrected chi connectivity index (χ2v) is 26.9. The largest absolute Gasteiger partial charge is 0.544 e. The van der Waals surface area contributed by atoms with E-state index in [0.29, 0.717) is 0 Å². The molecule has 0 atom stereocenters. The molecule has 3 aromatic carbocycles. The summed E-state index contributed by atoms with van der Waals surface area (Å²) in [4.78, 5) is 0. The van der Waals surface area contributed by atoms with E-state index in [1.165, 1.54) is 38.9 Å². The van der Waals surface area contributed by atoms with E-state index < -0.39 is 25.0 Å². The number of benzene rings is 3. The van der Waals surface area contributed by atoms with Crippen molar-refractivity contribution in [3.8, 4) is 17.2 Å². The van der Waals surface area contributed by atoms with Gasteiger partial charge in [0.2, 0.25) is 25.0 Å². The molecule has 0 aliphatic carbocycles. The van der Waals surface area contributed by atoms with Crippen molar-refractivity contribution in [1.29, 1.82) is 0 Å². The van der Waals surface area contributed by atoms with E-state index in [0.717, 1.165) is 30.1 Å². The van der Waals surface area contributed by atoms with Gasteiger partial charge in [-0.05, 0) is 114 Å². The van der Waals surface area contributed by atoms with Crippen LogP contribution in [0.25, 0.3) is 0 Å². The zero-order valence-corrected chi connectivity index (χ0v) is 28.8. The van der Waals surface area contributed by atoms with Crippen molar-refractivity contribution < 1.29 is 13.3 Å². The summed E-state index contributed by atoms with van der Waals surface area (Å²) in [6, 6.07) is 17.7. The zero-order valence-electron chi connectivity index (χ0n) is 25.8. The van der Waals surface area contributed by atoms with Gasteiger partial charge in [-0.1, -0.05) is 67.9 Å². The van der Waals surface area contributed by atoms with Gasteiger partial charge in [-0.25, -0.2) is 0 Å². The van der Waals surface area contributed by atoms with Gasteiger partial charge in [0.1, 0.15) is 17.2 Å². The number of rotatable bonds is 10. The molecule has 0 N–H and O–H groups in total. The van der Waals surface area contributed by atoms with Crippen LogP contribution in [0.3, 0.4) is 0 Å². The fourth-order valence-electron chi connectivity index (χ4n) is 4.59. The Labute approximate surface area is 249 Å². The van der Waals surface area contributed by atoms with Crippen LogP contribution in [0.1, 0.15) is 53.8 Å². The molecule has 0 radical (unpaired) electrons. The zero-order chi connectivity index (χ0) is 28.5. The highest BCUT2D eigenvalue weighted by atomic mass is 28.4. The van der Waals surface area contributed by atoms with Crippen molar-refractivity contribution in [2.75, 3.05) is 0 Å². The maximum Gasteiger partial charge on any atom is 0.242 e. The van der Waals surface area contributed by atoms with E-state index >= 15 is 0 Å². The summed E-state index contributed by atoms with van der Waals surface area (Å²) in [6.45, 7) is 26.7. The molecule has 3 aromatic rings. The monoisotopic (exact) mass is 596 g/mol. The summed E-state index contributed by atoms with van der Waals surface area (Å²) in [5.41, 5.74) is 8.65. The molecule has 222 valence electrons. The van der Waals surface area contributed by atoms with Crippen LogP contribution in [0, 0.1) is 20.8 Å². The maximum absolute atomic E-state index is 6.88. The first-order valence-electron chi connectivity index (χ1n) is 13.8. The van der Waals surface area contributed by atoms with Gasteiger partial charge in [0.15, 0.2) is 0 Å². The molecule has 0 aliphatic heterocycles. The second-order valence-electron chi connectivity index (χ2n) is 13.6. The van der Waals surface area contributed by atoms with Crippen molar-refractivity contribution in [3.05, 3.63) is 87.5 Å². The molecule has 3 rings (SSSR count). The minimum atomic E-state index is -1.89. The molecule has 0 saturated heterocycles. The first kappa shape index (κ1) is 35.7. The van der Waals surface area contributed by atoms with Crippen LogP contribution in [0.15, 0.2) is 48.5 Å². The summed E-state index contributed by atoms with van der Waals surface area (Å²) in [5, 5.41) is 0. The second kappa shape index (κ2) is 13.6. The van der Waals surface area contributed by atoms with Crippen molar-refractivity contribution in [3.63, 3.8) is 0 Å². The average molecular weight is 597 g/mol. The third-order valence-corrected chi connectivity index (χ3v) is 8.30. The Bertz CT molecular complexity index is 1190. The Morgan fingerprint density at radius 3 is 1.10 bits per heavy atom. The van der Waals surface area contributed by atoms with Gasteiger partial charge in [-0.2, -0.15) is 0 Å². The fraction of sp³-hybridized carbons (Fsp3) is 0.471. The maximum atomic E-state index is 6.88. The molecular weight excluding hydrogens is 541 g/mol. The number of aryl methyl sites for hydroxylation is 3. The van der Waals surface area contributed by atoms with Crippen LogP contribution in [-0.2, 0) is 12.8 Å². The highest BCUT2D eigenvalue weighted by Gasteiger charge is 2.25. The van der Waals surface area contributed by atoms with E-state index in [9.17, 15) is 0 Å². The molecule has 0 amide bonds. The molecule has 0 saturated carbocycles. The average Bonchev–Trinajstić information content (AvgIpc) is 2.72. The quantitative estimate of drug-likeness (QED) is 0.218. The summed E-state index contributed by atoms with van der Waals surface area (Å²) in [5.74, 6) is 3.04. The SMILES string of the molecule is C.C.Cc1ccc(O[Si](C)(C)C)c(Cc2cc(C)cc(Cc3cc(C)ccc3O[Si](C)(C)C)c2O[Si](C)(C)C)c1. The standard InChI is InChI=1S/C32H48O3Si3.2CH4/c1-23-13-15-30(33-36(4,5)6)26(17-23)21-28-19-25(3)20-29(32(28)35-38(10,11)12)22-27-18-24(2)14-16-31(27)34-37(7,8)9;;/h13-20H,21-22H2,1-12H3;2*1H4. The van der Waals surface area contributed by atoms with Gasteiger partial charge in [0, 0.05) is 12.8 Å². The van der Waals surface area contributed by atoms with Crippen LogP contribution in [0.2, 0.25) is 58.9 Å². The fourth-order valence-corrected chi connectivity index (χ4v) is 7.18. The smallest absolute Gasteiger partial charge is 0.242 e. The minimum absolute atomic E-state index is 0. The van der Waals surface area contributed by atoms with Crippen molar-refractivity contribution in [2.24, 2.45) is 0 Å². The Morgan fingerprint density at radius 2 is 0.775 bits per heavy atom. The first-order valence-corrected chi connectivity index (χ1v) is 24.0. The van der Waals surface area contributed by atoms with Gasteiger partial charge in [-0.3, -0.25) is 0 Å². The molecule has 0 spiro atoms. The lowest BCUT2D eigenvalue weighted by molar-refractivity contribution is 0.536. The summed E-state index contributed by atoms with van der Waals surface area (Å²) < 4.78 is 19.9. The van der Waals surface area contributed by atoms with Crippen LogP contribution < -0.4 is 13.3 Å². The predicted octanol–water partition coefficient (Wildman–Crippen LogP) is 10.7. The van der Waals surface area contributed by atoms with E-state index in [1.807, 2.05) is 0 Å². The third kappa shape index (κ3) is 10.9. The van der Waals surface area contributed by atoms with Crippen LogP contribution in [0.5, 0.6) is 17.2 Å². The summed E-state index contributed by atoms with van der Waals surface area (Å²) in [6.07, 6.45) is 1.56. The molecule has 0 aromatic heterocycles. The molecule has 0 unspecified atom stereocenters. The summed E-state index contributed by atoms with van der Waals surface area (Å²) in [7, 11) is -5.40. The lowest BCUT2D eigenvalue weighted by Crippen LogP contribution is -2.31. The lowest BCUT2D eigenvalue weighted by atomic mass is 9.94. The molecule has 0 aliphatic rings. The first-order chi connectivity index (χ1) is 17.4. The van der Waals surface area contributed by atoms with E-state index in [4.69, 9.17) is 13.3 Å². The molecular formula is C34H56O3Si3. The summed E-state index contributed by atoms with van der Waals surface area (Å²) >= 11 is 0. The van der Waals surface area contributed by atoms with E-state index in [2.05, 4.69) is 128 Å². The molecule has 6 heteroatoms. The molecule has 40 heavy (non-hydrogen) atoms.